The van der Waals surface area contributed by atoms with Gasteiger partial charge in [0, 0.05) is 27.2 Å². The molecule has 15 heavy (non-hydrogen) atoms. The van der Waals surface area contributed by atoms with Gasteiger partial charge in [-0.05, 0) is 0 Å². The molecule has 2 atom stereocenters. The summed E-state index contributed by atoms with van der Waals surface area (Å²) in [6.45, 7) is 3.46. The SMILES string of the molecule is CC(C(=O)N(C)C)C1CN(C=O)CCO1. The third-order valence-electron chi connectivity index (χ3n) is 2.66. The lowest BCUT2D eigenvalue weighted by molar-refractivity contribution is -0.144. The quantitative estimate of drug-likeness (QED) is 0.599. The second-order valence-electron chi connectivity index (χ2n) is 4.03. The van der Waals surface area contributed by atoms with Gasteiger partial charge in [0.15, 0.2) is 0 Å². The number of morpholine rings is 1. The Bertz CT molecular complexity index is 243. The zero-order valence-corrected chi connectivity index (χ0v) is 9.47. The van der Waals surface area contributed by atoms with E-state index >= 15 is 0 Å². The van der Waals surface area contributed by atoms with Gasteiger partial charge in [0.05, 0.1) is 18.6 Å². The molecule has 0 aliphatic carbocycles. The molecule has 0 N–H and O–H groups in total. The zero-order valence-electron chi connectivity index (χ0n) is 9.47. The van der Waals surface area contributed by atoms with Gasteiger partial charge in [0.1, 0.15) is 0 Å². The first-order valence-corrected chi connectivity index (χ1v) is 5.08. The summed E-state index contributed by atoms with van der Waals surface area (Å²) in [4.78, 5) is 25.5. The van der Waals surface area contributed by atoms with Crippen molar-refractivity contribution in [3.8, 4) is 0 Å². The van der Waals surface area contributed by atoms with Gasteiger partial charge in [-0.3, -0.25) is 9.59 Å². The van der Waals surface area contributed by atoms with Crippen molar-refractivity contribution in [1.29, 1.82) is 0 Å². The smallest absolute Gasteiger partial charge is 0.227 e. The molecule has 0 aromatic carbocycles. The summed E-state index contributed by atoms with van der Waals surface area (Å²) in [7, 11) is 3.44. The van der Waals surface area contributed by atoms with Crippen LogP contribution in [0, 0.1) is 5.92 Å². The molecule has 1 fully saturated rings. The van der Waals surface area contributed by atoms with Crippen LogP contribution in [-0.2, 0) is 14.3 Å². The highest BCUT2D eigenvalue weighted by Gasteiger charge is 2.30. The van der Waals surface area contributed by atoms with Crippen LogP contribution in [0.2, 0.25) is 0 Å². The first-order valence-electron chi connectivity index (χ1n) is 5.08. The minimum atomic E-state index is -0.206. The molecule has 1 rings (SSSR count). The van der Waals surface area contributed by atoms with E-state index < -0.39 is 0 Å². The Hall–Kier alpha value is -1.10. The molecule has 86 valence electrons. The van der Waals surface area contributed by atoms with E-state index in [1.165, 1.54) is 0 Å². The zero-order chi connectivity index (χ0) is 11.4. The molecular formula is C10H18N2O3. The lowest BCUT2D eigenvalue weighted by atomic mass is 10.0. The van der Waals surface area contributed by atoms with Gasteiger partial charge in [-0.15, -0.1) is 0 Å². The Morgan fingerprint density at radius 3 is 2.80 bits per heavy atom. The van der Waals surface area contributed by atoms with Gasteiger partial charge in [-0.2, -0.15) is 0 Å². The standard InChI is InChI=1S/C10H18N2O3/c1-8(10(14)11(2)3)9-6-12(7-13)4-5-15-9/h7-9H,4-6H2,1-3H3. The fourth-order valence-electron chi connectivity index (χ4n) is 1.66. The highest BCUT2D eigenvalue weighted by atomic mass is 16.5. The van der Waals surface area contributed by atoms with Crippen LogP contribution in [-0.4, -0.2) is 62.0 Å². The minimum Gasteiger partial charge on any atom is -0.374 e. The van der Waals surface area contributed by atoms with Crippen molar-refractivity contribution >= 4 is 12.3 Å². The molecule has 2 unspecified atom stereocenters. The summed E-state index contributed by atoms with van der Waals surface area (Å²) in [5, 5.41) is 0. The van der Waals surface area contributed by atoms with Gasteiger partial charge < -0.3 is 14.5 Å². The Kier molecular flexibility index (Phi) is 4.08. The van der Waals surface area contributed by atoms with E-state index in [9.17, 15) is 9.59 Å². The summed E-state index contributed by atoms with van der Waals surface area (Å²) >= 11 is 0. The predicted octanol–water partition coefficient (Wildman–Crippen LogP) is -0.432. The number of ether oxygens (including phenoxy) is 1. The minimum absolute atomic E-state index is 0.0350. The third-order valence-corrected chi connectivity index (χ3v) is 2.66. The van der Waals surface area contributed by atoms with E-state index in [0.717, 1.165) is 6.41 Å². The molecule has 5 heteroatoms. The van der Waals surface area contributed by atoms with Crippen LogP contribution >= 0.6 is 0 Å². The second-order valence-corrected chi connectivity index (χ2v) is 4.03. The van der Waals surface area contributed by atoms with E-state index in [4.69, 9.17) is 4.74 Å². The maximum absolute atomic E-state index is 11.7. The number of rotatable bonds is 3. The van der Waals surface area contributed by atoms with Crippen LogP contribution in [0.3, 0.4) is 0 Å². The molecule has 0 radical (unpaired) electrons. The van der Waals surface area contributed by atoms with Crippen molar-refractivity contribution in [1.82, 2.24) is 9.80 Å². The molecule has 2 amide bonds. The van der Waals surface area contributed by atoms with Crippen molar-refractivity contribution in [3.05, 3.63) is 0 Å². The summed E-state index contributed by atoms with van der Waals surface area (Å²) < 4.78 is 5.50. The molecule has 0 spiro atoms. The lowest BCUT2D eigenvalue weighted by Crippen LogP contribution is -2.48. The van der Waals surface area contributed by atoms with Crippen LogP contribution in [0.15, 0.2) is 0 Å². The van der Waals surface area contributed by atoms with Gasteiger partial charge in [0.2, 0.25) is 12.3 Å². The van der Waals surface area contributed by atoms with Crippen molar-refractivity contribution in [2.24, 2.45) is 5.92 Å². The van der Waals surface area contributed by atoms with Gasteiger partial charge >= 0.3 is 0 Å². The number of amides is 2. The monoisotopic (exact) mass is 214 g/mol. The van der Waals surface area contributed by atoms with Crippen LogP contribution < -0.4 is 0 Å². The highest BCUT2D eigenvalue weighted by molar-refractivity contribution is 5.78. The first-order chi connectivity index (χ1) is 7.06. The number of carbonyl (C=O) groups excluding carboxylic acids is 2. The van der Waals surface area contributed by atoms with Crippen molar-refractivity contribution in [2.75, 3.05) is 33.8 Å². The number of nitrogens with zero attached hydrogens (tertiary/aromatic N) is 2. The van der Waals surface area contributed by atoms with E-state index in [0.29, 0.717) is 19.7 Å². The highest BCUT2D eigenvalue weighted by Crippen LogP contribution is 2.14. The molecule has 0 aromatic rings. The Labute approximate surface area is 90.0 Å². The van der Waals surface area contributed by atoms with Crippen molar-refractivity contribution in [2.45, 2.75) is 13.0 Å². The van der Waals surface area contributed by atoms with E-state index in [1.807, 2.05) is 6.92 Å². The fourth-order valence-corrected chi connectivity index (χ4v) is 1.66. The van der Waals surface area contributed by atoms with Crippen molar-refractivity contribution < 1.29 is 14.3 Å². The first kappa shape index (κ1) is 12.0. The number of hydrogen-bond acceptors (Lipinski definition) is 3. The second kappa shape index (κ2) is 5.11. The summed E-state index contributed by atoms with van der Waals surface area (Å²) in [5.74, 6) is -0.171. The van der Waals surface area contributed by atoms with Gasteiger partial charge in [-0.1, -0.05) is 6.92 Å². The van der Waals surface area contributed by atoms with Crippen LogP contribution in [0.4, 0.5) is 0 Å². The van der Waals surface area contributed by atoms with Gasteiger partial charge in [-0.25, -0.2) is 0 Å². The molecule has 0 aromatic heterocycles. The molecule has 0 bridgehead atoms. The normalized spacial score (nSPS) is 23.4. The van der Waals surface area contributed by atoms with Crippen molar-refractivity contribution in [3.63, 3.8) is 0 Å². The Morgan fingerprint density at radius 1 is 1.60 bits per heavy atom. The van der Waals surface area contributed by atoms with Crippen LogP contribution in [0.5, 0.6) is 0 Å². The average molecular weight is 214 g/mol. The van der Waals surface area contributed by atoms with Gasteiger partial charge in [0.25, 0.3) is 0 Å². The maximum Gasteiger partial charge on any atom is 0.227 e. The molecule has 1 heterocycles. The number of carbonyl (C=O) groups is 2. The summed E-state index contributed by atoms with van der Waals surface area (Å²) in [6.07, 6.45) is 0.626. The topological polar surface area (TPSA) is 49.9 Å². The van der Waals surface area contributed by atoms with Crippen LogP contribution in [0.25, 0.3) is 0 Å². The molecular weight excluding hydrogens is 196 g/mol. The average Bonchev–Trinajstić information content (AvgIpc) is 2.27. The molecule has 1 aliphatic heterocycles. The lowest BCUT2D eigenvalue weighted by Gasteiger charge is -2.34. The number of hydrogen-bond donors (Lipinski definition) is 0. The van der Waals surface area contributed by atoms with E-state index in [-0.39, 0.29) is 17.9 Å². The Balaban J connectivity index is 2.55. The van der Waals surface area contributed by atoms with Crippen LogP contribution in [0.1, 0.15) is 6.92 Å². The van der Waals surface area contributed by atoms with E-state index in [1.54, 1.807) is 23.9 Å². The predicted molar refractivity (Wildman–Crippen MR) is 55.2 cm³/mol. The molecule has 1 saturated heterocycles. The maximum atomic E-state index is 11.7. The summed E-state index contributed by atoms with van der Waals surface area (Å²) in [6, 6.07) is 0. The Morgan fingerprint density at radius 2 is 2.27 bits per heavy atom. The molecule has 0 saturated carbocycles. The third kappa shape index (κ3) is 2.92. The molecule has 1 aliphatic rings. The van der Waals surface area contributed by atoms with E-state index in [2.05, 4.69) is 0 Å². The summed E-state index contributed by atoms with van der Waals surface area (Å²) in [5.41, 5.74) is 0. The molecule has 5 nitrogen and oxygen atoms in total. The largest absolute Gasteiger partial charge is 0.374 e. The fraction of sp³-hybridized carbons (Fsp3) is 0.800.